The molecule has 0 amide bonds. The van der Waals surface area contributed by atoms with Gasteiger partial charge in [0, 0.05) is 6.61 Å². The van der Waals surface area contributed by atoms with Gasteiger partial charge in [0.25, 0.3) is 0 Å². The summed E-state index contributed by atoms with van der Waals surface area (Å²) in [7, 11) is 0. The molecule has 1 unspecified atom stereocenters. The maximum atomic E-state index is 11.6. The molecule has 0 aromatic carbocycles. The molecule has 6 heteroatoms. The van der Waals surface area contributed by atoms with E-state index < -0.39 is 5.97 Å². The second-order valence-corrected chi connectivity index (χ2v) is 4.05. The van der Waals surface area contributed by atoms with Crippen molar-refractivity contribution in [1.29, 1.82) is 0 Å². The maximum absolute atomic E-state index is 11.6. The molecule has 2 rings (SSSR count). The number of aromatic nitrogens is 2. The Balaban J connectivity index is 2.26. The van der Waals surface area contributed by atoms with Gasteiger partial charge in [-0.1, -0.05) is 0 Å². The molecule has 0 radical (unpaired) electrons. The highest BCUT2D eigenvalue weighted by molar-refractivity contribution is 5.97. The lowest BCUT2D eigenvalue weighted by Gasteiger charge is -2.23. The van der Waals surface area contributed by atoms with Crippen LogP contribution in [0.4, 0.5) is 0 Å². The average Bonchev–Trinajstić information content (AvgIpc) is 2.83. The summed E-state index contributed by atoms with van der Waals surface area (Å²) in [5.41, 5.74) is 0.418. The summed E-state index contributed by atoms with van der Waals surface area (Å²) in [5, 5.41) is 4.07. The lowest BCUT2D eigenvalue weighted by molar-refractivity contribution is -0.0403. The summed E-state index contributed by atoms with van der Waals surface area (Å²) in [6, 6.07) is 0. The molecule has 1 aromatic rings. The van der Waals surface area contributed by atoms with Gasteiger partial charge in [-0.3, -0.25) is 4.79 Å². The first-order valence-corrected chi connectivity index (χ1v) is 6.09. The molecule has 0 bridgehead atoms. The van der Waals surface area contributed by atoms with Gasteiger partial charge < -0.3 is 9.47 Å². The lowest BCUT2D eigenvalue weighted by atomic mass is 10.2. The first-order chi connectivity index (χ1) is 8.77. The zero-order chi connectivity index (χ0) is 13.0. The van der Waals surface area contributed by atoms with Crippen molar-refractivity contribution in [2.24, 2.45) is 0 Å². The van der Waals surface area contributed by atoms with Crippen molar-refractivity contribution in [3.8, 4) is 0 Å². The minimum absolute atomic E-state index is 0.195. The monoisotopic (exact) mass is 252 g/mol. The van der Waals surface area contributed by atoms with E-state index in [2.05, 4.69) is 5.10 Å². The van der Waals surface area contributed by atoms with E-state index in [1.54, 1.807) is 6.92 Å². The Labute approximate surface area is 105 Å². The zero-order valence-electron chi connectivity index (χ0n) is 10.3. The quantitative estimate of drug-likeness (QED) is 0.601. The summed E-state index contributed by atoms with van der Waals surface area (Å²) in [6.07, 6.45) is 4.56. The topological polar surface area (TPSA) is 70.4 Å². The Hall–Kier alpha value is -1.69. The van der Waals surface area contributed by atoms with Gasteiger partial charge in [-0.2, -0.15) is 5.10 Å². The summed E-state index contributed by atoms with van der Waals surface area (Å²) in [4.78, 5) is 22.8. The Kier molecular flexibility index (Phi) is 4.09. The predicted octanol–water partition coefficient (Wildman–Crippen LogP) is 1.57. The molecule has 0 aliphatic carbocycles. The van der Waals surface area contributed by atoms with Crippen LogP contribution >= 0.6 is 0 Å². The predicted molar refractivity (Wildman–Crippen MR) is 62.4 cm³/mol. The van der Waals surface area contributed by atoms with Crippen LogP contribution in [0.3, 0.4) is 0 Å². The van der Waals surface area contributed by atoms with Crippen LogP contribution in [0.15, 0.2) is 6.20 Å². The second kappa shape index (κ2) is 5.77. The van der Waals surface area contributed by atoms with E-state index in [9.17, 15) is 9.59 Å². The summed E-state index contributed by atoms with van der Waals surface area (Å²) in [6.45, 7) is 2.63. The van der Waals surface area contributed by atoms with E-state index in [0.717, 1.165) is 19.3 Å². The van der Waals surface area contributed by atoms with E-state index in [1.165, 1.54) is 10.9 Å². The van der Waals surface area contributed by atoms with Gasteiger partial charge in [-0.25, -0.2) is 9.48 Å². The molecule has 1 aliphatic rings. The zero-order valence-corrected chi connectivity index (χ0v) is 10.3. The van der Waals surface area contributed by atoms with Gasteiger partial charge in [0.15, 0.2) is 12.5 Å². The number of nitrogens with zero attached hydrogens (tertiary/aromatic N) is 2. The third-order valence-electron chi connectivity index (χ3n) is 2.87. The Bertz CT molecular complexity index is 435. The van der Waals surface area contributed by atoms with Gasteiger partial charge in [-0.15, -0.1) is 0 Å². The number of carbonyl (C=O) groups excluding carboxylic acids is 2. The van der Waals surface area contributed by atoms with Crippen LogP contribution in [0, 0.1) is 0 Å². The fourth-order valence-electron chi connectivity index (χ4n) is 2.00. The normalized spacial score (nSPS) is 19.5. The van der Waals surface area contributed by atoms with Crippen molar-refractivity contribution < 1.29 is 19.1 Å². The van der Waals surface area contributed by atoms with Crippen molar-refractivity contribution in [3.63, 3.8) is 0 Å². The SMILES string of the molecule is CCOC(=O)c1cnn(C2CCCCO2)c1C=O. The van der Waals surface area contributed by atoms with E-state index in [0.29, 0.717) is 12.9 Å². The van der Waals surface area contributed by atoms with Crippen LogP contribution in [0.25, 0.3) is 0 Å². The number of hydrogen-bond acceptors (Lipinski definition) is 5. The third-order valence-corrected chi connectivity index (χ3v) is 2.87. The first-order valence-electron chi connectivity index (χ1n) is 6.09. The lowest BCUT2D eigenvalue weighted by Crippen LogP contribution is -2.21. The minimum Gasteiger partial charge on any atom is -0.462 e. The van der Waals surface area contributed by atoms with Crippen LogP contribution in [0.1, 0.15) is 53.3 Å². The summed E-state index contributed by atoms with van der Waals surface area (Å²) in [5.74, 6) is -0.526. The number of carbonyl (C=O) groups is 2. The minimum atomic E-state index is -0.526. The maximum Gasteiger partial charge on any atom is 0.342 e. The van der Waals surface area contributed by atoms with Gasteiger partial charge >= 0.3 is 5.97 Å². The molecule has 98 valence electrons. The first kappa shape index (κ1) is 12.8. The van der Waals surface area contributed by atoms with Crippen LogP contribution in [-0.2, 0) is 9.47 Å². The summed E-state index contributed by atoms with van der Waals surface area (Å²) >= 11 is 0. The van der Waals surface area contributed by atoms with Crippen molar-refractivity contribution in [2.45, 2.75) is 32.4 Å². The fourth-order valence-corrected chi connectivity index (χ4v) is 2.00. The highest BCUT2D eigenvalue weighted by atomic mass is 16.5. The molecule has 2 heterocycles. The van der Waals surface area contributed by atoms with E-state index in [1.807, 2.05) is 0 Å². The molecule has 1 fully saturated rings. The molecular weight excluding hydrogens is 236 g/mol. The number of ether oxygens (including phenoxy) is 2. The Morgan fingerprint density at radius 2 is 2.50 bits per heavy atom. The third kappa shape index (κ3) is 2.43. The number of esters is 1. The van der Waals surface area contributed by atoms with E-state index in [-0.39, 0.29) is 24.1 Å². The van der Waals surface area contributed by atoms with E-state index in [4.69, 9.17) is 9.47 Å². The van der Waals surface area contributed by atoms with Gasteiger partial charge in [-0.05, 0) is 26.2 Å². The standard InChI is InChI=1S/C12H16N2O4/c1-2-17-12(16)9-7-13-14(10(9)8-15)11-5-3-4-6-18-11/h7-8,11H,2-6H2,1H3. The molecule has 1 atom stereocenters. The fraction of sp³-hybridized carbons (Fsp3) is 0.583. The Morgan fingerprint density at radius 3 is 3.11 bits per heavy atom. The van der Waals surface area contributed by atoms with Crippen LogP contribution < -0.4 is 0 Å². The van der Waals surface area contributed by atoms with Crippen LogP contribution in [-0.4, -0.2) is 35.2 Å². The molecule has 6 nitrogen and oxygen atoms in total. The van der Waals surface area contributed by atoms with Crippen molar-refractivity contribution >= 4 is 12.3 Å². The van der Waals surface area contributed by atoms with Crippen molar-refractivity contribution in [1.82, 2.24) is 9.78 Å². The van der Waals surface area contributed by atoms with Crippen LogP contribution in [0.2, 0.25) is 0 Å². The van der Waals surface area contributed by atoms with Gasteiger partial charge in [0.05, 0.1) is 12.8 Å². The largest absolute Gasteiger partial charge is 0.462 e. The molecule has 1 aliphatic heterocycles. The van der Waals surface area contributed by atoms with Crippen molar-refractivity contribution in [3.05, 3.63) is 17.5 Å². The van der Waals surface area contributed by atoms with Gasteiger partial charge in [0.2, 0.25) is 0 Å². The average molecular weight is 252 g/mol. The summed E-state index contributed by atoms with van der Waals surface area (Å²) < 4.78 is 11.9. The Morgan fingerprint density at radius 1 is 1.67 bits per heavy atom. The molecule has 0 spiro atoms. The second-order valence-electron chi connectivity index (χ2n) is 4.05. The van der Waals surface area contributed by atoms with E-state index >= 15 is 0 Å². The molecular formula is C12H16N2O4. The van der Waals surface area contributed by atoms with Gasteiger partial charge in [0.1, 0.15) is 11.3 Å². The molecule has 1 aromatic heterocycles. The molecule has 0 N–H and O–H groups in total. The molecule has 1 saturated heterocycles. The molecule has 0 saturated carbocycles. The smallest absolute Gasteiger partial charge is 0.342 e. The van der Waals surface area contributed by atoms with Crippen LogP contribution in [0.5, 0.6) is 0 Å². The number of aldehydes is 1. The van der Waals surface area contributed by atoms with Crippen molar-refractivity contribution in [2.75, 3.05) is 13.2 Å². The highest BCUT2D eigenvalue weighted by Crippen LogP contribution is 2.24. The molecule has 18 heavy (non-hydrogen) atoms. The highest BCUT2D eigenvalue weighted by Gasteiger charge is 2.24. The number of hydrogen-bond donors (Lipinski definition) is 0. The number of rotatable bonds is 4.